The predicted molar refractivity (Wildman–Crippen MR) is 121 cm³/mol. The van der Waals surface area contributed by atoms with Crippen LogP contribution in [-0.2, 0) is 5.41 Å². The number of ether oxygens (including phenoxy) is 1. The summed E-state index contributed by atoms with van der Waals surface area (Å²) in [4.78, 5) is 12.5. The van der Waals surface area contributed by atoms with E-state index in [-0.39, 0.29) is 11.0 Å². The molecular formula is C25H32O3S. The van der Waals surface area contributed by atoms with Gasteiger partial charge in [0, 0.05) is 10.8 Å². The Bertz CT molecular complexity index is 826. The predicted octanol–water partition coefficient (Wildman–Crippen LogP) is 6.90. The molecule has 2 aromatic rings. The van der Waals surface area contributed by atoms with Gasteiger partial charge in [-0.15, -0.1) is 11.8 Å². The molecule has 0 radical (unpaired) electrons. The lowest BCUT2D eigenvalue weighted by Gasteiger charge is -2.33. The third-order valence-corrected chi connectivity index (χ3v) is 6.96. The minimum atomic E-state index is -0.913. The van der Waals surface area contributed by atoms with Crippen molar-refractivity contribution in [3.63, 3.8) is 0 Å². The normalized spacial score (nSPS) is 16.1. The molecule has 2 aromatic carbocycles. The summed E-state index contributed by atoms with van der Waals surface area (Å²) in [5, 5.41) is 9.05. The maximum Gasteiger partial charge on any atom is 0.335 e. The van der Waals surface area contributed by atoms with E-state index in [9.17, 15) is 4.79 Å². The van der Waals surface area contributed by atoms with Crippen molar-refractivity contribution in [3.8, 4) is 5.75 Å². The Morgan fingerprint density at radius 3 is 2.62 bits per heavy atom. The van der Waals surface area contributed by atoms with Gasteiger partial charge in [-0.1, -0.05) is 52.2 Å². The Morgan fingerprint density at radius 2 is 1.93 bits per heavy atom. The summed E-state index contributed by atoms with van der Waals surface area (Å²) in [6.45, 7) is 7.53. The molecule has 0 amide bonds. The van der Waals surface area contributed by atoms with Gasteiger partial charge in [0.2, 0.25) is 0 Å². The molecular weight excluding hydrogens is 380 g/mol. The lowest BCUT2D eigenvalue weighted by molar-refractivity contribution is 0.0697. The van der Waals surface area contributed by atoms with Crippen molar-refractivity contribution < 1.29 is 14.6 Å². The lowest BCUT2D eigenvalue weighted by Crippen LogP contribution is -2.23. The molecule has 0 aliphatic carbocycles. The fourth-order valence-electron chi connectivity index (χ4n) is 3.90. The number of unbranched alkanes of at least 4 members (excludes halogenated alkanes) is 2. The maximum atomic E-state index is 11.0. The van der Waals surface area contributed by atoms with E-state index in [1.54, 1.807) is 24.3 Å². The monoisotopic (exact) mass is 412 g/mol. The molecule has 3 nitrogen and oxygen atoms in total. The molecule has 0 aromatic heterocycles. The zero-order valence-electron chi connectivity index (χ0n) is 17.7. The number of hydrogen-bond donors (Lipinski definition) is 1. The average Bonchev–Trinajstić information content (AvgIpc) is 2.70. The molecule has 4 heteroatoms. The summed E-state index contributed by atoms with van der Waals surface area (Å²) in [7, 11) is 0. The van der Waals surface area contributed by atoms with Crippen molar-refractivity contribution in [1.29, 1.82) is 0 Å². The van der Waals surface area contributed by atoms with Crippen LogP contribution in [0.4, 0.5) is 0 Å². The Labute approximate surface area is 178 Å². The number of fused-ring (bicyclic) bond motifs is 1. The second-order valence-electron chi connectivity index (χ2n) is 8.57. The van der Waals surface area contributed by atoms with Crippen LogP contribution in [0.2, 0.25) is 0 Å². The van der Waals surface area contributed by atoms with Crippen molar-refractivity contribution in [2.24, 2.45) is 0 Å². The maximum absolute atomic E-state index is 11.0. The zero-order chi connectivity index (χ0) is 20.9. The Morgan fingerprint density at radius 1 is 1.17 bits per heavy atom. The van der Waals surface area contributed by atoms with Crippen LogP contribution in [0.5, 0.6) is 5.75 Å². The number of thioether (sulfide) groups is 1. The summed E-state index contributed by atoms with van der Waals surface area (Å²) >= 11 is 1.97. The highest BCUT2D eigenvalue weighted by Crippen LogP contribution is 2.42. The molecule has 3 rings (SSSR count). The van der Waals surface area contributed by atoms with Crippen LogP contribution in [-0.4, -0.2) is 23.4 Å². The molecule has 0 spiro atoms. The Hall–Kier alpha value is -1.94. The molecule has 0 saturated carbocycles. The first kappa shape index (κ1) is 21.8. The van der Waals surface area contributed by atoms with Gasteiger partial charge in [-0.3, -0.25) is 0 Å². The number of benzene rings is 2. The molecule has 156 valence electrons. The fraction of sp³-hybridized carbons (Fsp3) is 0.480. The molecule has 0 saturated heterocycles. The van der Waals surface area contributed by atoms with E-state index in [1.807, 2.05) is 11.8 Å². The Balaban J connectivity index is 1.75. The number of carbonyl (C=O) groups is 1. The number of carboxylic acid groups (broad SMARTS) is 1. The largest absolute Gasteiger partial charge is 0.493 e. The van der Waals surface area contributed by atoms with Gasteiger partial charge in [0.25, 0.3) is 0 Å². The van der Waals surface area contributed by atoms with Crippen LogP contribution in [0, 0.1) is 0 Å². The standard InChI is InChI=1S/C25H32O3S/c1-4-5-6-7-20(17-28-21-11-8-18(9-12-21)24(26)27)19-10-13-22-23(16-19)29-15-14-25(22,2)3/h8-13,16,20H,4-7,14-15,17H2,1-3H3,(H,26,27). The number of carboxylic acids is 1. The van der Waals surface area contributed by atoms with Crippen molar-refractivity contribution in [1.82, 2.24) is 0 Å². The van der Waals surface area contributed by atoms with E-state index in [4.69, 9.17) is 9.84 Å². The summed E-state index contributed by atoms with van der Waals surface area (Å²) < 4.78 is 6.07. The van der Waals surface area contributed by atoms with Gasteiger partial charge < -0.3 is 9.84 Å². The highest BCUT2D eigenvalue weighted by molar-refractivity contribution is 7.99. The first-order chi connectivity index (χ1) is 13.9. The van der Waals surface area contributed by atoms with Crippen LogP contribution in [0.1, 0.15) is 80.3 Å². The molecule has 1 unspecified atom stereocenters. The Kier molecular flexibility index (Phi) is 7.28. The van der Waals surface area contributed by atoms with Crippen LogP contribution < -0.4 is 4.74 Å². The zero-order valence-corrected chi connectivity index (χ0v) is 18.6. The van der Waals surface area contributed by atoms with E-state index in [1.165, 1.54) is 47.5 Å². The smallest absolute Gasteiger partial charge is 0.335 e. The van der Waals surface area contributed by atoms with E-state index in [2.05, 4.69) is 39.0 Å². The third-order valence-electron chi connectivity index (χ3n) is 5.90. The highest BCUT2D eigenvalue weighted by atomic mass is 32.2. The van der Waals surface area contributed by atoms with E-state index in [0.717, 1.165) is 12.2 Å². The van der Waals surface area contributed by atoms with Gasteiger partial charge >= 0.3 is 5.97 Å². The summed E-state index contributed by atoms with van der Waals surface area (Å²) in [5.74, 6) is 1.33. The first-order valence-corrected chi connectivity index (χ1v) is 11.6. The van der Waals surface area contributed by atoms with Crippen LogP contribution in [0.25, 0.3) is 0 Å². The van der Waals surface area contributed by atoms with E-state index >= 15 is 0 Å². The van der Waals surface area contributed by atoms with Crippen LogP contribution in [0.3, 0.4) is 0 Å². The second-order valence-corrected chi connectivity index (χ2v) is 9.71. The minimum Gasteiger partial charge on any atom is -0.493 e. The number of aromatic carboxylic acids is 1. The highest BCUT2D eigenvalue weighted by Gasteiger charge is 2.28. The van der Waals surface area contributed by atoms with E-state index in [0.29, 0.717) is 12.5 Å². The SMILES string of the molecule is CCCCCC(COc1ccc(C(=O)O)cc1)c1ccc2c(c1)SCCC2(C)C. The van der Waals surface area contributed by atoms with Crippen molar-refractivity contribution in [3.05, 3.63) is 59.2 Å². The second kappa shape index (κ2) is 9.71. The van der Waals surface area contributed by atoms with Gasteiger partial charge in [0.15, 0.2) is 0 Å². The molecule has 0 fully saturated rings. The van der Waals surface area contributed by atoms with Gasteiger partial charge in [0.05, 0.1) is 12.2 Å². The fourth-order valence-corrected chi connectivity index (χ4v) is 5.45. The van der Waals surface area contributed by atoms with Gasteiger partial charge in [-0.05, 0) is 65.5 Å². The number of hydrogen-bond acceptors (Lipinski definition) is 3. The molecule has 1 aliphatic rings. The van der Waals surface area contributed by atoms with Crippen molar-refractivity contribution >= 4 is 17.7 Å². The molecule has 1 heterocycles. The molecule has 1 N–H and O–H groups in total. The molecule has 29 heavy (non-hydrogen) atoms. The van der Waals surface area contributed by atoms with Gasteiger partial charge in [-0.25, -0.2) is 4.79 Å². The lowest BCUT2D eigenvalue weighted by atomic mass is 9.80. The number of rotatable bonds is 9. The summed E-state index contributed by atoms with van der Waals surface area (Å²) in [6, 6.07) is 13.7. The third kappa shape index (κ3) is 5.57. The minimum absolute atomic E-state index is 0.249. The van der Waals surface area contributed by atoms with Crippen LogP contribution >= 0.6 is 11.8 Å². The van der Waals surface area contributed by atoms with Gasteiger partial charge in [-0.2, -0.15) is 0 Å². The van der Waals surface area contributed by atoms with E-state index < -0.39 is 5.97 Å². The first-order valence-electron chi connectivity index (χ1n) is 10.6. The van der Waals surface area contributed by atoms with Crippen molar-refractivity contribution in [2.75, 3.05) is 12.4 Å². The quantitative estimate of drug-likeness (QED) is 0.455. The molecule has 0 bridgehead atoms. The van der Waals surface area contributed by atoms with Crippen molar-refractivity contribution in [2.45, 2.75) is 69.1 Å². The van der Waals surface area contributed by atoms with Crippen LogP contribution in [0.15, 0.2) is 47.4 Å². The topological polar surface area (TPSA) is 46.5 Å². The summed E-state index contributed by atoms with van der Waals surface area (Å²) in [6.07, 6.45) is 5.96. The summed E-state index contributed by atoms with van der Waals surface area (Å²) in [5.41, 5.74) is 3.35. The average molecular weight is 413 g/mol. The van der Waals surface area contributed by atoms with Gasteiger partial charge in [0.1, 0.15) is 5.75 Å². The molecule has 1 atom stereocenters. The molecule has 1 aliphatic heterocycles.